The van der Waals surface area contributed by atoms with Gasteiger partial charge in [-0.15, -0.1) is 0 Å². The zero-order valence-electron chi connectivity index (χ0n) is 17.4. The third-order valence-corrected chi connectivity index (χ3v) is 7.03. The first-order chi connectivity index (χ1) is 14.8. The second kappa shape index (κ2) is 8.68. The van der Waals surface area contributed by atoms with Gasteiger partial charge in [-0.3, -0.25) is 4.98 Å². The highest BCUT2D eigenvalue weighted by molar-refractivity contribution is 7.89. The second-order valence-corrected chi connectivity index (χ2v) is 9.35. The van der Waals surface area contributed by atoms with Gasteiger partial charge >= 0.3 is 0 Å². The third-order valence-electron chi connectivity index (χ3n) is 5.50. The van der Waals surface area contributed by atoms with E-state index >= 15 is 0 Å². The molecule has 1 aromatic carbocycles. The van der Waals surface area contributed by atoms with Crippen LogP contribution >= 0.6 is 0 Å². The zero-order chi connectivity index (χ0) is 22.0. The molecule has 9 heteroatoms. The fourth-order valence-electron chi connectivity index (χ4n) is 3.64. The van der Waals surface area contributed by atoms with Crippen LogP contribution < -0.4 is 9.62 Å². The van der Waals surface area contributed by atoms with E-state index in [0.717, 1.165) is 29.2 Å². The number of anilines is 1. The molecule has 2 aromatic heterocycles. The quantitative estimate of drug-likeness (QED) is 0.654. The number of hydrogen-bond donors (Lipinski definition) is 1. The maximum Gasteiger partial charge on any atom is 0.240 e. The predicted octanol–water partition coefficient (Wildman–Crippen LogP) is 3.24. The minimum atomic E-state index is -3.69. The Hall–Kier alpha value is -2.91. The minimum absolute atomic E-state index is 0.0682. The molecule has 31 heavy (non-hydrogen) atoms. The zero-order valence-corrected chi connectivity index (χ0v) is 18.2. The van der Waals surface area contributed by atoms with E-state index in [1.165, 1.54) is 12.1 Å². The molecule has 0 amide bonds. The first kappa shape index (κ1) is 21.3. The van der Waals surface area contributed by atoms with Crippen LogP contribution in [0.4, 0.5) is 10.2 Å². The summed E-state index contributed by atoms with van der Waals surface area (Å²) in [6, 6.07) is 10.3. The van der Waals surface area contributed by atoms with Crippen LogP contribution in [0.5, 0.6) is 0 Å². The van der Waals surface area contributed by atoms with Gasteiger partial charge in [0, 0.05) is 36.6 Å². The summed E-state index contributed by atoms with van der Waals surface area (Å²) >= 11 is 0. The number of piperidine rings is 1. The number of nitrogens with zero attached hydrogens (tertiary/aromatic N) is 4. The molecule has 1 saturated heterocycles. The normalized spacial score (nSPS) is 15.3. The van der Waals surface area contributed by atoms with Crippen molar-refractivity contribution < 1.29 is 12.8 Å². The van der Waals surface area contributed by atoms with Crippen molar-refractivity contribution in [2.75, 3.05) is 18.0 Å². The summed E-state index contributed by atoms with van der Waals surface area (Å²) < 4.78 is 41.0. The van der Waals surface area contributed by atoms with Crippen molar-refractivity contribution >= 4 is 15.8 Å². The van der Waals surface area contributed by atoms with Crippen LogP contribution in [0.1, 0.15) is 24.1 Å². The van der Waals surface area contributed by atoms with E-state index in [2.05, 4.69) is 19.6 Å². The van der Waals surface area contributed by atoms with Crippen LogP contribution in [0.15, 0.2) is 53.6 Å². The predicted molar refractivity (Wildman–Crippen MR) is 117 cm³/mol. The van der Waals surface area contributed by atoms with Crippen molar-refractivity contribution in [1.29, 1.82) is 0 Å². The van der Waals surface area contributed by atoms with E-state index in [9.17, 15) is 12.8 Å². The molecule has 0 unspecified atom stereocenters. The van der Waals surface area contributed by atoms with Gasteiger partial charge in [-0.05, 0) is 63.1 Å². The maximum absolute atomic E-state index is 13.1. The van der Waals surface area contributed by atoms with Crippen molar-refractivity contribution in [2.24, 2.45) is 0 Å². The summed E-state index contributed by atoms with van der Waals surface area (Å²) in [5, 5.41) is 0. The van der Waals surface area contributed by atoms with Gasteiger partial charge in [0.15, 0.2) is 5.82 Å². The monoisotopic (exact) mass is 441 g/mol. The summed E-state index contributed by atoms with van der Waals surface area (Å²) in [5.74, 6) is 0.971. The van der Waals surface area contributed by atoms with Crippen LogP contribution in [-0.2, 0) is 10.0 Å². The molecule has 7 nitrogen and oxygen atoms in total. The Balaban J connectivity index is 1.48. The topological polar surface area (TPSA) is 88.1 Å². The first-order valence-electron chi connectivity index (χ1n) is 10.1. The van der Waals surface area contributed by atoms with E-state index in [4.69, 9.17) is 4.98 Å². The van der Waals surface area contributed by atoms with Crippen LogP contribution in [0.25, 0.3) is 11.5 Å². The Morgan fingerprint density at radius 2 is 1.74 bits per heavy atom. The molecule has 0 aliphatic carbocycles. The molecule has 1 aliphatic rings. The number of sulfonamides is 1. The van der Waals surface area contributed by atoms with E-state index in [0.29, 0.717) is 37.4 Å². The third kappa shape index (κ3) is 4.72. The molecule has 0 bridgehead atoms. The number of pyridine rings is 1. The van der Waals surface area contributed by atoms with Gasteiger partial charge in [-0.1, -0.05) is 6.07 Å². The Bertz CT molecular complexity index is 1160. The molecule has 3 aromatic rings. The fraction of sp³-hybridized carbons (Fsp3) is 0.318. The number of halogens is 1. The summed E-state index contributed by atoms with van der Waals surface area (Å²) in [7, 11) is -3.69. The van der Waals surface area contributed by atoms with Gasteiger partial charge in [0.25, 0.3) is 0 Å². The molecule has 0 radical (unpaired) electrons. The lowest BCUT2D eigenvalue weighted by molar-refractivity contribution is 0.458. The Kier molecular flexibility index (Phi) is 5.97. The fourth-order valence-corrected chi connectivity index (χ4v) is 4.95. The van der Waals surface area contributed by atoms with Crippen molar-refractivity contribution in [3.8, 4) is 11.5 Å². The average molecular weight is 442 g/mol. The highest BCUT2D eigenvalue weighted by Gasteiger charge is 2.26. The molecule has 1 N–H and O–H groups in total. The van der Waals surface area contributed by atoms with Gasteiger partial charge in [-0.25, -0.2) is 27.5 Å². The highest BCUT2D eigenvalue weighted by Crippen LogP contribution is 2.26. The molecule has 0 saturated carbocycles. The van der Waals surface area contributed by atoms with Gasteiger partial charge in [0.2, 0.25) is 10.0 Å². The van der Waals surface area contributed by atoms with E-state index in [-0.39, 0.29) is 10.9 Å². The first-order valence-corrected chi connectivity index (χ1v) is 11.6. The Labute approximate surface area is 181 Å². The molecular weight excluding hydrogens is 417 g/mol. The number of nitrogens with one attached hydrogen (secondary N) is 1. The van der Waals surface area contributed by atoms with Crippen LogP contribution in [0, 0.1) is 19.7 Å². The van der Waals surface area contributed by atoms with E-state index in [1.807, 2.05) is 32.0 Å². The van der Waals surface area contributed by atoms with Gasteiger partial charge < -0.3 is 4.90 Å². The van der Waals surface area contributed by atoms with E-state index < -0.39 is 15.8 Å². The Morgan fingerprint density at radius 1 is 1.03 bits per heavy atom. The Morgan fingerprint density at radius 3 is 2.39 bits per heavy atom. The maximum atomic E-state index is 13.1. The largest absolute Gasteiger partial charge is 0.356 e. The highest BCUT2D eigenvalue weighted by atomic mass is 32.2. The van der Waals surface area contributed by atoms with Crippen molar-refractivity contribution in [3.05, 3.63) is 65.7 Å². The van der Waals surface area contributed by atoms with Crippen molar-refractivity contribution in [1.82, 2.24) is 19.7 Å². The lowest BCUT2D eigenvalue weighted by Crippen LogP contribution is -2.45. The smallest absolute Gasteiger partial charge is 0.240 e. The second-order valence-electron chi connectivity index (χ2n) is 7.63. The van der Waals surface area contributed by atoms with Crippen LogP contribution in [-0.4, -0.2) is 42.5 Å². The number of benzene rings is 1. The van der Waals surface area contributed by atoms with Crippen molar-refractivity contribution in [3.63, 3.8) is 0 Å². The molecule has 4 rings (SSSR count). The summed E-state index contributed by atoms with van der Waals surface area (Å²) in [6.45, 7) is 5.28. The summed E-state index contributed by atoms with van der Waals surface area (Å²) in [4.78, 5) is 15.9. The molecule has 1 fully saturated rings. The number of hydrogen-bond acceptors (Lipinski definition) is 6. The standard InChI is InChI=1S/C22H24FN5O2S/c1-15-16(2)25-21(20-5-3-4-12-24-20)26-22(15)28-13-10-18(11-14-28)27-31(29,30)19-8-6-17(23)7-9-19/h3-9,12,18,27H,10-11,13-14H2,1-2H3. The molecule has 3 heterocycles. The number of aromatic nitrogens is 3. The molecule has 0 atom stereocenters. The lowest BCUT2D eigenvalue weighted by Gasteiger charge is -2.34. The SMILES string of the molecule is Cc1nc(-c2ccccn2)nc(N2CCC(NS(=O)(=O)c3ccc(F)cc3)CC2)c1C. The number of rotatable bonds is 5. The van der Waals surface area contributed by atoms with Gasteiger partial charge in [0.1, 0.15) is 17.3 Å². The summed E-state index contributed by atoms with van der Waals surface area (Å²) in [5.41, 5.74) is 2.61. The van der Waals surface area contributed by atoms with Crippen LogP contribution in [0.3, 0.4) is 0 Å². The van der Waals surface area contributed by atoms with Crippen LogP contribution in [0.2, 0.25) is 0 Å². The van der Waals surface area contributed by atoms with Gasteiger partial charge in [-0.2, -0.15) is 0 Å². The number of aryl methyl sites for hydroxylation is 1. The van der Waals surface area contributed by atoms with Crippen molar-refractivity contribution in [2.45, 2.75) is 37.6 Å². The molecule has 0 spiro atoms. The molecule has 1 aliphatic heterocycles. The van der Waals surface area contributed by atoms with E-state index in [1.54, 1.807) is 6.20 Å². The summed E-state index contributed by atoms with van der Waals surface area (Å²) in [6.07, 6.45) is 3.00. The lowest BCUT2D eigenvalue weighted by atomic mass is 10.1. The minimum Gasteiger partial charge on any atom is -0.356 e. The average Bonchev–Trinajstić information content (AvgIpc) is 2.77. The molecule has 162 valence electrons. The van der Waals surface area contributed by atoms with Gasteiger partial charge in [0.05, 0.1) is 4.90 Å². The molecular formula is C22H24FN5O2S.